The van der Waals surface area contributed by atoms with Crippen molar-refractivity contribution in [2.45, 2.75) is 11.4 Å². The third kappa shape index (κ3) is 4.86. The molecule has 0 saturated carbocycles. The minimum absolute atomic E-state index is 0.275. The van der Waals surface area contributed by atoms with Gasteiger partial charge < -0.3 is 4.40 Å². The summed E-state index contributed by atoms with van der Waals surface area (Å²) in [6, 6.07) is 31.1. The van der Waals surface area contributed by atoms with Crippen LogP contribution < -0.4 is 0 Å². The molecule has 1 saturated heterocycles. The van der Waals surface area contributed by atoms with Crippen LogP contribution in [0.1, 0.15) is 5.69 Å². The van der Waals surface area contributed by atoms with Gasteiger partial charge in [0.2, 0.25) is 10.0 Å². The summed E-state index contributed by atoms with van der Waals surface area (Å²) < 4.78 is 30.1. The molecule has 0 atom stereocenters. The number of pyridine rings is 1. The van der Waals surface area contributed by atoms with Crippen LogP contribution in [0, 0.1) is 0 Å². The molecule has 0 amide bonds. The molecular formula is C30H27ClN4O2S. The highest BCUT2D eigenvalue weighted by Gasteiger charge is 2.29. The zero-order valence-electron chi connectivity index (χ0n) is 20.7. The van der Waals surface area contributed by atoms with E-state index in [9.17, 15) is 8.42 Å². The smallest absolute Gasteiger partial charge is 0.243 e. The lowest BCUT2D eigenvalue weighted by molar-refractivity contribution is 0.180. The van der Waals surface area contributed by atoms with Crippen LogP contribution in [0.25, 0.3) is 28.0 Å². The molecular weight excluding hydrogens is 516 g/mol. The molecule has 192 valence electrons. The summed E-state index contributed by atoms with van der Waals surface area (Å²) >= 11 is 5.96. The Morgan fingerprint density at radius 3 is 2.00 bits per heavy atom. The Balaban J connectivity index is 1.29. The number of nitrogens with zero attached hydrogens (tertiary/aromatic N) is 4. The zero-order chi connectivity index (χ0) is 26.1. The van der Waals surface area contributed by atoms with Crippen LogP contribution in [0.3, 0.4) is 0 Å². The predicted molar refractivity (Wildman–Crippen MR) is 152 cm³/mol. The van der Waals surface area contributed by atoms with Crippen LogP contribution in [-0.2, 0) is 16.6 Å². The molecule has 8 heteroatoms. The molecule has 0 spiro atoms. The van der Waals surface area contributed by atoms with E-state index in [1.165, 1.54) is 0 Å². The molecule has 2 aromatic heterocycles. The van der Waals surface area contributed by atoms with Crippen LogP contribution in [-0.4, -0.2) is 53.2 Å². The number of imidazole rings is 1. The second-order valence-corrected chi connectivity index (χ2v) is 11.8. The number of hydrogen-bond donors (Lipinski definition) is 0. The van der Waals surface area contributed by atoms with Crippen LogP contribution in [0.15, 0.2) is 108 Å². The highest BCUT2D eigenvalue weighted by Crippen LogP contribution is 2.29. The maximum atomic E-state index is 13.2. The van der Waals surface area contributed by atoms with E-state index in [-0.39, 0.29) is 4.90 Å². The molecule has 0 bridgehead atoms. The average molecular weight is 543 g/mol. The molecule has 0 N–H and O–H groups in total. The quantitative estimate of drug-likeness (QED) is 0.271. The van der Waals surface area contributed by atoms with Gasteiger partial charge in [0, 0.05) is 49.5 Å². The number of piperazine rings is 1. The summed E-state index contributed by atoms with van der Waals surface area (Å²) in [4.78, 5) is 7.58. The normalized spacial score (nSPS) is 15.2. The summed E-state index contributed by atoms with van der Waals surface area (Å²) in [6.07, 6.45) is 2.15. The van der Waals surface area contributed by atoms with Gasteiger partial charge in [-0.25, -0.2) is 13.4 Å². The lowest BCUT2D eigenvalue weighted by Crippen LogP contribution is -2.48. The molecule has 1 fully saturated rings. The first-order valence-corrected chi connectivity index (χ1v) is 14.4. The summed E-state index contributed by atoms with van der Waals surface area (Å²) in [6.45, 7) is 2.78. The number of hydrogen-bond acceptors (Lipinski definition) is 4. The van der Waals surface area contributed by atoms with Crippen molar-refractivity contribution in [2.24, 2.45) is 0 Å². The van der Waals surface area contributed by atoms with Crippen LogP contribution in [0.4, 0.5) is 0 Å². The Labute approximate surface area is 227 Å². The molecule has 6 rings (SSSR count). The van der Waals surface area contributed by atoms with Gasteiger partial charge in [0.25, 0.3) is 0 Å². The van der Waals surface area contributed by atoms with Gasteiger partial charge >= 0.3 is 0 Å². The lowest BCUT2D eigenvalue weighted by atomic mass is 10.1. The molecule has 3 heterocycles. The van der Waals surface area contributed by atoms with Crippen molar-refractivity contribution in [2.75, 3.05) is 26.2 Å². The number of aromatic nitrogens is 2. The topological polar surface area (TPSA) is 57.9 Å². The second kappa shape index (κ2) is 10.3. The van der Waals surface area contributed by atoms with Crippen LogP contribution in [0.5, 0.6) is 0 Å². The van der Waals surface area contributed by atoms with Gasteiger partial charge in [-0.15, -0.1) is 0 Å². The first kappa shape index (κ1) is 24.8. The Kier molecular flexibility index (Phi) is 6.76. The highest BCUT2D eigenvalue weighted by atomic mass is 35.5. The number of rotatable bonds is 6. The van der Waals surface area contributed by atoms with Gasteiger partial charge in [0.05, 0.1) is 16.3 Å². The molecule has 1 aliphatic heterocycles. The van der Waals surface area contributed by atoms with E-state index in [1.54, 1.807) is 28.6 Å². The molecule has 6 nitrogen and oxygen atoms in total. The van der Waals surface area contributed by atoms with E-state index in [2.05, 4.69) is 51.9 Å². The highest BCUT2D eigenvalue weighted by molar-refractivity contribution is 7.89. The summed E-state index contributed by atoms with van der Waals surface area (Å²) in [5.74, 6) is 0. The van der Waals surface area contributed by atoms with E-state index >= 15 is 0 Å². The molecule has 0 aliphatic carbocycles. The van der Waals surface area contributed by atoms with Gasteiger partial charge in [-0.2, -0.15) is 4.31 Å². The fourth-order valence-corrected chi connectivity index (χ4v) is 6.52. The fourth-order valence-electron chi connectivity index (χ4n) is 4.97. The van der Waals surface area contributed by atoms with Crippen molar-refractivity contribution < 1.29 is 8.42 Å². The van der Waals surface area contributed by atoms with Crippen molar-refractivity contribution in [1.29, 1.82) is 0 Å². The fraction of sp³-hybridized carbons (Fsp3) is 0.167. The first-order chi connectivity index (χ1) is 18.5. The van der Waals surface area contributed by atoms with Crippen molar-refractivity contribution >= 4 is 27.3 Å². The van der Waals surface area contributed by atoms with Gasteiger partial charge in [-0.3, -0.25) is 4.90 Å². The van der Waals surface area contributed by atoms with Gasteiger partial charge in [-0.1, -0.05) is 72.3 Å². The number of fused-ring (bicyclic) bond motifs is 1. The van der Waals surface area contributed by atoms with Gasteiger partial charge in [0.1, 0.15) is 5.65 Å². The lowest BCUT2D eigenvalue weighted by Gasteiger charge is -2.34. The molecule has 1 aliphatic rings. The van der Waals surface area contributed by atoms with E-state index < -0.39 is 10.0 Å². The maximum Gasteiger partial charge on any atom is 0.243 e. The summed E-state index contributed by atoms with van der Waals surface area (Å²) in [5.41, 5.74) is 6.27. The van der Waals surface area contributed by atoms with E-state index in [1.807, 2.05) is 36.4 Å². The Hall–Kier alpha value is -3.49. The van der Waals surface area contributed by atoms with Crippen molar-refractivity contribution in [3.05, 3.63) is 114 Å². The van der Waals surface area contributed by atoms with Gasteiger partial charge in [0.15, 0.2) is 0 Å². The Morgan fingerprint density at radius 2 is 1.34 bits per heavy atom. The van der Waals surface area contributed by atoms with Crippen molar-refractivity contribution in [1.82, 2.24) is 18.6 Å². The van der Waals surface area contributed by atoms with Crippen LogP contribution in [0.2, 0.25) is 5.02 Å². The third-order valence-corrected chi connectivity index (χ3v) is 9.19. The monoisotopic (exact) mass is 542 g/mol. The zero-order valence-corrected chi connectivity index (χ0v) is 22.3. The molecule has 38 heavy (non-hydrogen) atoms. The Bertz CT molecular complexity index is 1660. The molecule has 0 radical (unpaired) electrons. The minimum atomic E-state index is -3.56. The number of halogens is 1. The molecule has 3 aromatic carbocycles. The van der Waals surface area contributed by atoms with Crippen LogP contribution >= 0.6 is 11.6 Å². The Morgan fingerprint density at radius 1 is 0.711 bits per heavy atom. The number of sulfonamides is 1. The number of benzene rings is 3. The average Bonchev–Trinajstić information content (AvgIpc) is 3.32. The van der Waals surface area contributed by atoms with Crippen molar-refractivity contribution in [3.63, 3.8) is 0 Å². The molecule has 0 unspecified atom stereocenters. The first-order valence-electron chi connectivity index (χ1n) is 12.6. The SMILES string of the molecule is O=S(=O)(c1ccc(Cl)cc1)N1CCN(Cc2c(-c3ccccc3)nc3ccc(-c4ccccc4)cn23)CC1. The van der Waals surface area contributed by atoms with E-state index in [0.717, 1.165) is 33.7 Å². The van der Waals surface area contributed by atoms with Gasteiger partial charge in [-0.05, 0) is 47.5 Å². The third-order valence-electron chi connectivity index (χ3n) is 7.03. The largest absolute Gasteiger partial charge is 0.301 e. The van der Waals surface area contributed by atoms with Crippen molar-refractivity contribution in [3.8, 4) is 22.4 Å². The minimum Gasteiger partial charge on any atom is -0.301 e. The summed E-state index contributed by atoms with van der Waals surface area (Å²) in [5, 5.41) is 0.520. The predicted octanol–water partition coefficient (Wildman–Crippen LogP) is 5.83. The summed E-state index contributed by atoms with van der Waals surface area (Å²) in [7, 11) is -3.56. The van der Waals surface area contributed by atoms with E-state index in [4.69, 9.17) is 16.6 Å². The molecule has 5 aromatic rings. The van der Waals surface area contributed by atoms with E-state index in [0.29, 0.717) is 37.7 Å². The second-order valence-electron chi connectivity index (χ2n) is 9.42. The standard InChI is InChI=1S/C30H27ClN4O2S/c31-26-12-14-27(15-13-26)38(36,37)34-19-17-33(18-20-34)22-28-30(24-9-5-2-6-10-24)32-29-16-11-25(21-35(28)29)23-7-3-1-4-8-23/h1-16,21H,17-20,22H2. The maximum absolute atomic E-state index is 13.2.